The van der Waals surface area contributed by atoms with Gasteiger partial charge in [0, 0.05) is 34.5 Å². The number of carbonyl (C=O) groups is 1. The summed E-state index contributed by atoms with van der Waals surface area (Å²) in [6.07, 6.45) is 0. The zero-order valence-corrected chi connectivity index (χ0v) is 15.8. The van der Waals surface area contributed by atoms with Crippen molar-refractivity contribution in [3.05, 3.63) is 58.7 Å². The standard InChI is InChI=1S/C19H16ClN3O2S/c1-23-18-12-5-3-4-6-16(12)26-10-13(18)17(22-23)19(24)21-11-7-8-15(25-2)14(20)9-11/h3-9H,10H2,1-2H3,(H,21,24). The van der Waals surface area contributed by atoms with Crippen molar-refractivity contribution in [2.75, 3.05) is 12.4 Å². The van der Waals surface area contributed by atoms with Crippen LogP contribution in [-0.4, -0.2) is 22.8 Å². The maximum Gasteiger partial charge on any atom is 0.276 e. The summed E-state index contributed by atoms with van der Waals surface area (Å²) in [6, 6.07) is 13.3. The van der Waals surface area contributed by atoms with Crippen LogP contribution in [0.2, 0.25) is 5.02 Å². The second kappa shape index (κ2) is 6.70. The summed E-state index contributed by atoms with van der Waals surface area (Å²) in [5.74, 6) is 1.03. The SMILES string of the molecule is COc1ccc(NC(=O)c2nn(C)c3c2CSc2ccccc2-3)cc1Cl. The monoisotopic (exact) mass is 385 g/mol. The first-order valence-electron chi connectivity index (χ1n) is 8.01. The fourth-order valence-corrected chi connectivity index (χ4v) is 4.42. The Morgan fingerprint density at radius 1 is 1.31 bits per heavy atom. The van der Waals surface area contributed by atoms with Crippen LogP contribution in [0.4, 0.5) is 5.69 Å². The number of halogens is 1. The smallest absolute Gasteiger partial charge is 0.276 e. The number of thioether (sulfide) groups is 1. The van der Waals surface area contributed by atoms with E-state index in [0.29, 0.717) is 27.9 Å². The lowest BCUT2D eigenvalue weighted by atomic mass is 10.1. The Morgan fingerprint density at radius 2 is 2.12 bits per heavy atom. The van der Waals surface area contributed by atoms with Gasteiger partial charge in [-0.3, -0.25) is 9.48 Å². The minimum Gasteiger partial charge on any atom is -0.495 e. The summed E-state index contributed by atoms with van der Waals surface area (Å²) in [4.78, 5) is 14.0. The number of anilines is 1. The highest BCUT2D eigenvalue weighted by atomic mass is 35.5. The molecule has 4 rings (SSSR count). The molecule has 132 valence electrons. The van der Waals surface area contributed by atoms with Crippen LogP contribution in [0.25, 0.3) is 11.3 Å². The van der Waals surface area contributed by atoms with Crippen LogP contribution in [0.3, 0.4) is 0 Å². The van der Waals surface area contributed by atoms with Crippen LogP contribution in [-0.2, 0) is 12.8 Å². The topological polar surface area (TPSA) is 56.1 Å². The number of nitrogens with one attached hydrogen (secondary N) is 1. The largest absolute Gasteiger partial charge is 0.495 e. The summed E-state index contributed by atoms with van der Waals surface area (Å²) < 4.78 is 6.92. The highest BCUT2D eigenvalue weighted by Gasteiger charge is 2.27. The molecular weight excluding hydrogens is 370 g/mol. The minimum atomic E-state index is -0.247. The Labute approximate surface area is 160 Å². The number of hydrogen-bond donors (Lipinski definition) is 1. The molecule has 3 aromatic rings. The van der Waals surface area contributed by atoms with Crippen molar-refractivity contribution in [2.24, 2.45) is 7.05 Å². The zero-order chi connectivity index (χ0) is 18.3. The molecule has 0 atom stereocenters. The van der Waals surface area contributed by atoms with Gasteiger partial charge in [-0.2, -0.15) is 5.10 Å². The van der Waals surface area contributed by atoms with Gasteiger partial charge in [-0.25, -0.2) is 0 Å². The van der Waals surface area contributed by atoms with Gasteiger partial charge in [0.25, 0.3) is 5.91 Å². The lowest BCUT2D eigenvalue weighted by molar-refractivity contribution is 0.102. The van der Waals surface area contributed by atoms with Gasteiger partial charge in [0.2, 0.25) is 0 Å². The fourth-order valence-electron chi connectivity index (χ4n) is 3.10. The van der Waals surface area contributed by atoms with E-state index < -0.39 is 0 Å². The lowest BCUT2D eigenvalue weighted by Crippen LogP contribution is -2.15. The van der Waals surface area contributed by atoms with E-state index in [-0.39, 0.29) is 5.91 Å². The number of methoxy groups -OCH3 is 1. The summed E-state index contributed by atoms with van der Waals surface area (Å²) in [5.41, 5.74) is 4.10. The summed E-state index contributed by atoms with van der Waals surface area (Å²) in [6.45, 7) is 0. The fraction of sp³-hybridized carbons (Fsp3) is 0.158. The van der Waals surface area contributed by atoms with Crippen LogP contribution in [0.15, 0.2) is 47.4 Å². The van der Waals surface area contributed by atoms with E-state index in [2.05, 4.69) is 22.5 Å². The Bertz CT molecular complexity index is 1020. The first-order valence-corrected chi connectivity index (χ1v) is 9.38. The molecule has 0 saturated heterocycles. The normalized spacial score (nSPS) is 12.3. The number of benzene rings is 2. The predicted octanol–water partition coefficient (Wildman–Crippen LogP) is 4.61. The van der Waals surface area contributed by atoms with Gasteiger partial charge >= 0.3 is 0 Å². The van der Waals surface area contributed by atoms with Crippen LogP contribution >= 0.6 is 23.4 Å². The average Bonchev–Trinajstić information content (AvgIpc) is 2.99. The van der Waals surface area contributed by atoms with E-state index in [4.69, 9.17) is 16.3 Å². The van der Waals surface area contributed by atoms with E-state index in [9.17, 15) is 4.79 Å². The molecule has 0 bridgehead atoms. The molecule has 2 heterocycles. The minimum absolute atomic E-state index is 0.247. The maximum absolute atomic E-state index is 12.8. The molecule has 0 fully saturated rings. The Balaban J connectivity index is 1.68. The molecule has 1 aliphatic rings. The third-order valence-corrected chi connectivity index (χ3v) is 5.68. The third kappa shape index (κ3) is 2.85. The number of fused-ring (bicyclic) bond motifs is 3. The van der Waals surface area contributed by atoms with Crippen molar-refractivity contribution < 1.29 is 9.53 Å². The Kier molecular flexibility index (Phi) is 4.38. The second-order valence-corrected chi connectivity index (χ2v) is 7.31. The number of rotatable bonds is 3. The second-order valence-electron chi connectivity index (χ2n) is 5.89. The number of nitrogens with zero attached hydrogens (tertiary/aromatic N) is 2. The molecule has 0 radical (unpaired) electrons. The van der Waals surface area contributed by atoms with Crippen LogP contribution < -0.4 is 10.1 Å². The van der Waals surface area contributed by atoms with E-state index >= 15 is 0 Å². The number of hydrogen-bond acceptors (Lipinski definition) is 4. The van der Waals surface area contributed by atoms with Gasteiger partial charge in [-0.05, 0) is 24.3 Å². The van der Waals surface area contributed by atoms with Gasteiger partial charge in [0.15, 0.2) is 5.69 Å². The third-order valence-electron chi connectivity index (χ3n) is 4.28. The predicted molar refractivity (Wildman–Crippen MR) is 104 cm³/mol. The maximum atomic E-state index is 12.8. The van der Waals surface area contributed by atoms with Gasteiger partial charge in [0.1, 0.15) is 5.75 Å². The summed E-state index contributed by atoms with van der Waals surface area (Å²) in [5, 5.41) is 7.79. The molecule has 0 unspecified atom stereocenters. The summed E-state index contributed by atoms with van der Waals surface area (Å²) in [7, 11) is 3.42. The molecule has 7 heteroatoms. The molecule has 2 aromatic carbocycles. The zero-order valence-electron chi connectivity index (χ0n) is 14.2. The number of aromatic nitrogens is 2. The molecule has 1 amide bonds. The molecule has 26 heavy (non-hydrogen) atoms. The van der Waals surface area contributed by atoms with Crippen molar-refractivity contribution in [3.8, 4) is 17.0 Å². The number of ether oxygens (including phenoxy) is 1. The van der Waals surface area contributed by atoms with Crippen LogP contribution in [0, 0.1) is 0 Å². The quantitative estimate of drug-likeness (QED) is 0.715. The van der Waals surface area contributed by atoms with E-state index in [1.807, 2.05) is 19.2 Å². The number of amides is 1. The molecule has 5 nitrogen and oxygen atoms in total. The van der Waals surface area contributed by atoms with Gasteiger partial charge in [-0.1, -0.05) is 29.8 Å². The van der Waals surface area contributed by atoms with Gasteiger partial charge in [-0.15, -0.1) is 11.8 Å². The highest BCUT2D eigenvalue weighted by Crippen LogP contribution is 2.42. The van der Waals surface area contributed by atoms with Crippen molar-refractivity contribution in [2.45, 2.75) is 10.6 Å². The molecule has 0 saturated carbocycles. The Morgan fingerprint density at radius 3 is 2.88 bits per heavy atom. The molecular formula is C19H16ClN3O2S. The highest BCUT2D eigenvalue weighted by molar-refractivity contribution is 7.98. The van der Waals surface area contributed by atoms with Crippen molar-refractivity contribution in [3.63, 3.8) is 0 Å². The molecule has 0 aliphatic carbocycles. The molecule has 1 N–H and O–H groups in total. The van der Waals surface area contributed by atoms with Crippen molar-refractivity contribution in [1.82, 2.24) is 9.78 Å². The summed E-state index contributed by atoms with van der Waals surface area (Å²) >= 11 is 7.85. The Hall–Kier alpha value is -2.44. The first kappa shape index (κ1) is 17.0. The van der Waals surface area contributed by atoms with E-state index in [1.165, 1.54) is 4.90 Å². The van der Waals surface area contributed by atoms with Gasteiger partial charge < -0.3 is 10.1 Å². The lowest BCUT2D eigenvalue weighted by Gasteiger charge is -2.17. The average molecular weight is 386 g/mol. The van der Waals surface area contributed by atoms with Crippen LogP contribution in [0.1, 0.15) is 16.1 Å². The van der Waals surface area contributed by atoms with E-state index in [1.54, 1.807) is 41.8 Å². The van der Waals surface area contributed by atoms with Crippen LogP contribution in [0.5, 0.6) is 5.75 Å². The first-order chi connectivity index (χ1) is 12.6. The van der Waals surface area contributed by atoms with Crippen molar-refractivity contribution in [1.29, 1.82) is 0 Å². The van der Waals surface area contributed by atoms with Gasteiger partial charge in [0.05, 0.1) is 17.8 Å². The van der Waals surface area contributed by atoms with Crippen molar-refractivity contribution >= 4 is 35.0 Å². The molecule has 1 aromatic heterocycles. The number of carbonyl (C=O) groups excluding carboxylic acids is 1. The number of aryl methyl sites for hydroxylation is 1. The molecule has 0 spiro atoms. The van der Waals surface area contributed by atoms with E-state index in [0.717, 1.165) is 16.8 Å². The molecule has 1 aliphatic heterocycles.